The zero-order chi connectivity index (χ0) is 21.7. The lowest BCUT2D eigenvalue weighted by Gasteiger charge is -2.30. The van der Waals surface area contributed by atoms with E-state index in [4.69, 9.17) is 5.11 Å². The van der Waals surface area contributed by atoms with E-state index in [9.17, 15) is 14.7 Å². The molecule has 1 aliphatic heterocycles. The van der Waals surface area contributed by atoms with E-state index in [1.807, 2.05) is 61.2 Å². The zero-order valence-electron chi connectivity index (χ0n) is 17.5. The smallest absolute Gasteiger partial charge is 0.335 e. The molecule has 2 aromatic rings. The molecule has 0 bridgehead atoms. The van der Waals surface area contributed by atoms with Crippen LogP contribution in [0.2, 0.25) is 0 Å². The molecule has 3 rings (SSSR count). The summed E-state index contributed by atoms with van der Waals surface area (Å²) in [7, 11) is 0. The number of aliphatic hydroxyl groups excluding tert-OH is 1. The number of benzene rings is 2. The summed E-state index contributed by atoms with van der Waals surface area (Å²) < 4.78 is 0. The first kappa shape index (κ1) is 21.8. The minimum absolute atomic E-state index is 0.0305. The van der Waals surface area contributed by atoms with Crippen molar-refractivity contribution >= 4 is 11.9 Å². The van der Waals surface area contributed by atoms with Crippen LogP contribution in [0.15, 0.2) is 66.7 Å². The third-order valence-corrected chi connectivity index (χ3v) is 5.99. The van der Waals surface area contributed by atoms with Crippen LogP contribution < -0.4 is 0 Å². The summed E-state index contributed by atoms with van der Waals surface area (Å²) in [4.78, 5) is 25.2. The number of carbonyl (C=O) groups excluding carboxylic acids is 1. The second-order valence-electron chi connectivity index (χ2n) is 8.36. The number of nitrogens with zero attached hydrogens (tertiary/aromatic N) is 1. The predicted molar refractivity (Wildman–Crippen MR) is 116 cm³/mol. The molecule has 0 spiro atoms. The first-order valence-corrected chi connectivity index (χ1v) is 10.3. The van der Waals surface area contributed by atoms with Gasteiger partial charge in [-0.1, -0.05) is 68.5 Å². The van der Waals surface area contributed by atoms with Crippen molar-refractivity contribution in [2.75, 3.05) is 6.54 Å². The largest absolute Gasteiger partial charge is 0.478 e. The standard InChI is InChI=1S/C25H29NO4/c1-25(2,20-6-4-3-5-7-20)22(27)14-12-21-13-15-23(28)26(21)17-16-18-8-10-19(11-9-18)24(29)30/h3-12,14,21-22,27H,13,15-17H2,1-2H3,(H,29,30)/t21-,22+/m0/s1. The van der Waals surface area contributed by atoms with Crippen LogP contribution in [0.25, 0.3) is 0 Å². The number of hydrogen-bond acceptors (Lipinski definition) is 3. The Morgan fingerprint density at radius 1 is 1.17 bits per heavy atom. The highest BCUT2D eigenvalue weighted by atomic mass is 16.4. The fraction of sp³-hybridized carbons (Fsp3) is 0.360. The highest BCUT2D eigenvalue weighted by Crippen LogP contribution is 2.29. The first-order valence-electron chi connectivity index (χ1n) is 10.3. The van der Waals surface area contributed by atoms with Gasteiger partial charge in [0.25, 0.3) is 0 Å². The molecule has 2 atom stereocenters. The van der Waals surface area contributed by atoms with Crippen molar-refractivity contribution < 1.29 is 19.8 Å². The van der Waals surface area contributed by atoms with E-state index in [0.717, 1.165) is 17.5 Å². The van der Waals surface area contributed by atoms with Gasteiger partial charge in [0.1, 0.15) is 0 Å². The van der Waals surface area contributed by atoms with Crippen molar-refractivity contribution in [2.45, 2.75) is 50.7 Å². The van der Waals surface area contributed by atoms with Gasteiger partial charge in [-0.25, -0.2) is 4.79 Å². The Hall–Kier alpha value is -2.92. The molecule has 1 aliphatic rings. The molecule has 2 N–H and O–H groups in total. The number of hydrogen-bond donors (Lipinski definition) is 2. The Labute approximate surface area is 177 Å². The van der Waals surface area contributed by atoms with Crippen LogP contribution in [-0.4, -0.2) is 45.7 Å². The van der Waals surface area contributed by atoms with E-state index in [0.29, 0.717) is 19.4 Å². The molecule has 0 radical (unpaired) electrons. The van der Waals surface area contributed by atoms with Crippen LogP contribution in [-0.2, 0) is 16.6 Å². The van der Waals surface area contributed by atoms with Crippen LogP contribution >= 0.6 is 0 Å². The number of rotatable bonds is 8. The zero-order valence-corrected chi connectivity index (χ0v) is 17.5. The quantitative estimate of drug-likeness (QED) is 0.652. The normalized spacial score (nSPS) is 18.2. The summed E-state index contributed by atoms with van der Waals surface area (Å²) in [6.45, 7) is 4.59. The van der Waals surface area contributed by atoms with Crippen LogP contribution in [0.3, 0.4) is 0 Å². The van der Waals surface area contributed by atoms with Crippen molar-refractivity contribution in [1.29, 1.82) is 0 Å². The Morgan fingerprint density at radius 2 is 1.83 bits per heavy atom. The summed E-state index contributed by atoms with van der Waals surface area (Å²) >= 11 is 0. The van der Waals surface area contributed by atoms with Gasteiger partial charge in [0, 0.05) is 18.4 Å². The Balaban J connectivity index is 1.63. The molecule has 1 amide bonds. The van der Waals surface area contributed by atoms with Crippen molar-refractivity contribution in [3.8, 4) is 0 Å². The van der Waals surface area contributed by atoms with Crippen molar-refractivity contribution in [3.63, 3.8) is 0 Å². The highest BCUT2D eigenvalue weighted by molar-refractivity contribution is 5.87. The number of aliphatic hydroxyl groups is 1. The van der Waals surface area contributed by atoms with Crippen molar-refractivity contribution in [2.24, 2.45) is 0 Å². The van der Waals surface area contributed by atoms with E-state index < -0.39 is 17.5 Å². The first-order chi connectivity index (χ1) is 14.3. The average Bonchev–Trinajstić information content (AvgIpc) is 3.10. The minimum atomic E-state index is -0.946. The SMILES string of the molecule is CC(C)(c1ccccc1)[C@H](O)C=C[C@H]1CCC(=O)N1CCc1ccc(C(=O)O)cc1. The van der Waals surface area contributed by atoms with E-state index in [-0.39, 0.29) is 17.5 Å². The number of carboxylic acids is 1. The van der Waals surface area contributed by atoms with Crippen LogP contribution in [0.5, 0.6) is 0 Å². The molecule has 158 valence electrons. The summed E-state index contributed by atoms with van der Waals surface area (Å²) in [5.74, 6) is -0.831. The Kier molecular flexibility index (Phi) is 6.73. The van der Waals surface area contributed by atoms with Crippen LogP contribution in [0.1, 0.15) is 48.2 Å². The summed E-state index contributed by atoms with van der Waals surface area (Å²) in [5.41, 5.74) is 1.88. The molecule has 0 saturated carbocycles. The van der Waals surface area contributed by atoms with Gasteiger partial charge in [0.2, 0.25) is 5.91 Å². The Morgan fingerprint density at radius 3 is 2.47 bits per heavy atom. The maximum absolute atomic E-state index is 12.4. The average molecular weight is 408 g/mol. The molecule has 0 unspecified atom stereocenters. The third kappa shape index (κ3) is 4.97. The lowest BCUT2D eigenvalue weighted by atomic mass is 9.79. The molecule has 5 nitrogen and oxygen atoms in total. The van der Waals surface area contributed by atoms with Crippen molar-refractivity contribution in [1.82, 2.24) is 4.90 Å². The summed E-state index contributed by atoms with van der Waals surface area (Å²) in [5, 5.41) is 19.8. The molecule has 1 fully saturated rings. The summed E-state index contributed by atoms with van der Waals surface area (Å²) in [6, 6.07) is 16.6. The fourth-order valence-electron chi connectivity index (χ4n) is 3.82. The molecule has 5 heteroatoms. The van der Waals surface area contributed by atoms with E-state index in [1.165, 1.54) is 0 Å². The molecule has 1 saturated heterocycles. The molecular formula is C25H29NO4. The van der Waals surface area contributed by atoms with Gasteiger partial charge in [0.15, 0.2) is 0 Å². The van der Waals surface area contributed by atoms with Gasteiger partial charge < -0.3 is 15.1 Å². The maximum Gasteiger partial charge on any atom is 0.335 e. The second kappa shape index (κ2) is 9.26. The minimum Gasteiger partial charge on any atom is -0.478 e. The Bertz CT molecular complexity index is 903. The van der Waals surface area contributed by atoms with E-state index >= 15 is 0 Å². The molecule has 30 heavy (non-hydrogen) atoms. The number of amides is 1. The monoisotopic (exact) mass is 407 g/mol. The van der Waals surface area contributed by atoms with Gasteiger partial charge in [-0.2, -0.15) is 0 Å². The molecule has 1 heterocycles. The molecule has 0 aliphatic carbocycles. The van der Waals surface area contributed by atoms with Gasteiger partial charge in [-0.15, -0.1) is 0 Å². The van der Waals surface area contributed by atoms with Gasteiger partial charge >= 0.3 is 5.97 Å². The van der Waals surface area contributed by atoms with Gasteiger partial charge in [-0.05, 0) is 36.1 Å². The fourth-order valence-corrected chi connectivity index (χ4v) is 3.82. The number of carboxylic acid groups (broad SMARTS) is 1. The predicted octanol–water partition coefficient (Wildman–Crippen LogP) is 3.81. The van der Waals surface area contributed by atoms with Gasteiger partial charge in [0.05, 0.1) is 17.7 Å². The van der Waals surface area contributed by atoms with E-state index in [2.05, 4.69) is 0 Å². The number of likely N-dealkylation sites (tertiary alicyclic amines) is 1. The molecule has 2 aromatic carbocycles. The topological polar surface area (TPSA) is 77.8 Å². The lowest BCUT2D eigenvalue weighted by Crippen LogP contribution is -2.35. The van der Waals surface area contributed by atoms with E-state index in [1.54, 1.807) is 24.3 Å². The van der Waals surface area contributed by atoms with Crippen LogP contribution in [0.4, 0.5) is 0 Å². The number of carbonyl (C=O) groups is 2. The number of aromatic carboxylic acids is 1. The third-order valence-electron chi connectivity index (χ3n) is 5.99. The molecular weight excluding hydrogens is 378 g/mol. The maximum atomic E-state index is 12.4. The second-order valence-corrected chi connectivity index (χ2v) is 8.36. The summed E-state index contributed by atoms with van der Waals surface area (Å²) in [6.07, 6.45) is 5.00. The lowest BCUT2D eigenvalue weighted by molar-refractivity contribution is -0.128. The highest BCUT2D eigenvalue weighted by Gasteiger charge is 2.31. The van der Waals surface area contributed by atoms with Gasteiger partial charge in [-0.3, -0.25) is 4.79 Å². The van der Waals surface area contributed by atoms with Crippen LogP contribution in [0, 0.1) is 0 Å². The van der Waals surface area contributed by atoms with Crippen molar-refractivity contribution in [3.05, 3.63) is 83.4 Å². The molecule has 0 aromatic heterocycles.